The summed E-state index contributed by atoms with van der Waals surface area (Å²) in [6, 6.07) is 66.6. The predicted molar refractivity (Wildman–Crippen MR) is 216 cm³/mol. The Hall–Kier alpha value is -6.38. The molecule has 0 aliphatic heterocycles. The molecule has 0 unspecified atom stereocenters. The predicted octanol–water partition coefficient (Wildman–Crippen LogP) is 13.4. The van der Waals surface area contributed by atoms with E-state index in [1.54, 1.807) is 0 Å². The fourth-order valence-electron chi connectivity index (χ4n) is 8.56. The Morgan fingerprint density at radius 2 is 1.04 bits per heavy atom. The number of para-hydroxylation sites is 3. The number of anilines is 3. The van der Waals surface area contributed by atoms with E-state index in [0.29, 0.717) is 0 Å². The van der Waals surface area contributed by atoms with E-state index < -0.39 is 0 Å². The summed E-state index contributed by atoms with van der Waals surface area (Å²) in [5.41, 5.74) is 14.8. The highest BCUT2D eigenvalue weighted by Crippen LogP contribution is 2.51. The Kier molecular flexibility index (Phi) is 6.56. The van der Waals surface area contributed by atoms with Crippen LogP contribution in [-0.4, -0.2) is 4.57 Å². The van der Waals surface area contributed by atoms with Crippen molar-refractivity contribution >= 4 is 49.6 Å². The minimum Gasteiger partial charge on any atom is -0.310 e. The molecule has 0 spiro atoms. The quantitative estimate of drug-likeness (QED) is 0.180. The zero-order valence-corrected chi connectivity index (χ0v) is 28.7. The van der Waals surface area contributed by atoms with Crippen molar-refractivity contribution < 1.29 is 0 Å². The largest absolute Gasteiger partial charge is 0.310 e. The molecule has 1 aliphatic carbocycles. The number of aromatic nitrogens is 1. The fraction of sp³-hybridized carbons (Fsp3) is 0.0612. The van der Waals surface area contributed by atoms with Crippen LogP contribution in [0.15, 0.2) is 182 Å². The van der Waals surface area contributed by atoms with Gasteiger partial charge in [-0.3, -0.25) is 0 Å². The summed E-state index contributed by atoms with van der Waals surface area (Å²) in [5.74, 6) is 0. The van der Waals surface area contributed by atoms with Gasteiger partial charge in [0.1, 0.15) is 0 Å². The zero-order valence-electron chi connectivity index (χ0n) is 28.7. The van der Waals surface area contributed by atoms with Gasteiger partial charge in [-0.25, -0.2) is 0 Å². The molecule has 1 aliphatic rings. The van der Waals surface area contributed by atoms with Crippen LogP contribution < -0.4 is 4.90 Å². The maximum absolute atomic E-state index is 2.43. The highest BCUT2D eigenvalue weighted by molar-refractivity contribution is 6.12. The molecule has 0 saturated carbocycles. The van der Waals surface area contributed by atoms with Crippen LogP contribution in [0.2, 0.25) is 0 Å². The first-order valence-electron chi connectivity index (χ1n) is 17.8. The highest BCUT2D eigenvalue weighted by atomic mass is 15.1. The summed E-state index contributed by atoms with van der Waals surface area (Å²) in [6.45, 7) is 4.71. The van der Waals surface area contributed by atoms with Crippen LogP contribution in [-0.2, 0) is 5.41 Å². The summed E-state index contributed by atoms with van der Waals surface area (Å²) in [7, 11) is 0. The fourth-order valence-corrected chi connectivity index (χ4v) is 8.56. The second kappa shape index (κ2) is 11.3. The average Bonchev–Trinajstić information content (AvgIpc) is 3.64. The lowest BCUT2D eigenvalue weighted by Gasteiger charge is -2.29. The lowest BCUT2D eigenvalue weighted by atomic mass is 9.82. The van der Waals surface area contributed by atoms with Crippen molar-refractivity contribution in [1.82, 2.24) is 4.57 Å². The molecule has 0 fully saturated rings. The molecular weight excluding hydrogens is 617 g/mol. The molecular formula is C49H36N2. The first-order valence-corrected chi connectivity index (χ1v) is 17.8. The molecule has 0 radical (unpaired) electrons. The molecule has 8 aromatic carbocycles. The van der Waals surface area contributed by atoms with E-state index in [0.717, 1.165) is 17.1 Å². The number of benzene rings is 8. The van der Waals surface area contributed by atoms with Crippen molar-refractivity contribution in [2.75, 3.05) is 4.90 Å². The molecule has 1 aromatic heterocycles. The third-order valence-corrected chi connectivity index (χ3v) is 11.0. The third-order valence-electron chi connectivity index (χ3n) is 11.0. The Bertz CT molecular complexity index is 2770. The first kappa shape index (κ1) is 29.5. The van der Waals surface area contributed by atoms with Crippen molar-refractivity contribution in [2.24, 2.45) is 0 Å². The van der Waals surface area contributed by atoms with Crippen LogP contribution in [0.25, 0.3) is 60.5 Å². The SMILES string of the molecule is CC1(C)c2ccccc2-c2ccc(N(c3ccccc3)c3ccc(-c4ccc5c(c4)c4ccccc4n5-c4ccccc4)c4ccccc34)cc21. The minimum atomic E-state index is -0.0848. The molecule has 0 amide bonds. The number of fused-ring (bicyclic) bond motifs is 7. The van der Waals surface area contributed by atoms with E-state index in [-0.39, 0.29) is 5.41 Å². The molecule has 0 N–H and O–H groups in total. The van der Waals surface area contributed by atoms with Crippen LogP contribution in [0, 0.1) is 0 Å². The molecule has 0 saturated heterocycles. The lowest BCUT2D eigenvalue weighted by molar-refractivity contribution is 0.660. The molecule has 0 bridgehead atoms. The maximum atomic E-state index is 2.43. The van der Waals surface area contributed by atoms with E-state index in [4.69, 9.17) is 0 Å². The average molecular weight is 653 g/mol. The number of hydrogen-bond donors (Lipinski definition) is 0. The Morgan fingerprint density at radius 3 is 1.86 bits per heavy atom. The summed E-state index contributed by atoms with van der Waals surface area (Å²) >= 11 is 0. The van der Waals surface area contributed by atoms with Gasteiger partial charge in [-0.1, -0.05) is 135 Å². The Labute approximate surface area is 298 Å². The van der Waals surface area contributed by atoms with Crippen LogP contribution >= 0.6 is 0 Å². The smallest absolute Gasteiger partial charge is 0.0541 e. The van der Waals surface area contributed by atoms with Gasteiger partial charge in [0.2, 0.25) is 0 Å². The van der Waals surface area contributed by atoms with E-state index in [1.807, 2.05) is 0 Å². The van der Waals surface area contributed by atoms with Gasteiger partial charge < -0.3 is 9.47 Å². The second-order valence-corrected chi connectivity index (χ2v) is 14.2. The zero-order chi connectivity index (χ0) is 34.1. The summed E-state index contributed by atoms with van der Waals surface area (Å²) in [4.78, 5) is 2.43. The van der Waals surface area contributed by atoms with Gasteiger partial charge in [-0.05, 0) is 99.4 Å². The molecule has 242 valence electrons. The van der Waals surface area contributed by atoms with E-state index in [2.05, 4.69) is 205 Å². The monoisotopic (exact) mass is 652 g/mol. The molecule has 51 heavy (non-hydrogen) atoms. The minimum absolute atomic E-state index is 0.0848. The van der Waals surface area contributed by atoms with Gasteiger partial charge in [0.25, 0.3) is 0 Å². The second-order valence-electron chi connectivity index (χ2n) is 14.2. The van der Waals surface area contributed by atoms with Crippen molar-refractivity contribution in [3.8, 4) is 27.9 Å². The van der Waals surface area contributed by atoms with E-state index in [1.165, 1.54) is 71.6 Å². The maximum Gasteiger partial charge on any atom is 0.0541 e. The van der Waals surface area contributed by atoms with Gasteiger partial charge in [0.05, 0.1) is 16.7 Å². The summed E-state index contributed by atoms with van der Waals surface area (Å²) < 4.78 is 2.38. The Morgan fingerprint density at radius 1 is 0.412 bits per heavy atom. The van der Waals surface area contributed by atoms with Crippen LogP contribution in [0.4, 0.5) is 17.1 Å². The number of rotatable bonds is 5. The third kappa shape index (κ3) is 4.50. The Balaban J connectivity index is 1.16. The van der Waals surface area contributed by atoms with Crippen molar-refractivity contribution in [1.29, 1.82) is 0 Å². The van der Waals surface area contributed by atoms with Crippen molar-refractivity contribution in [3.05, 3.63) is 193 Å². The summed E-state index contributed by atoms with van der Waals surface area (Å²) in [6.07, 6.45) is 0. The first-order chi connectivity index (χ1) is 25.1. The molecule has 10 rings (SSSR count). The summed E-state index contributed by atoms with van der Waals surface area (Å²) in [5, 5.41) is 4.97. The van der Waals surface area contributed by atoms with Crippen LogP contribution in [0.3, 0.4) is 0 Å². The van der Waals surface area contributed by atoms with Crippen molar-refractivity contribution in [2.45, 2.75) is 19.3 Å². The molecule has 2 heteroatoms. The van der Waals surface area contributed by atoms with Gasteiger partial charge in [0, 0.05) is 38.6 Å². The van der Waals surface area contributed by atoms with Gasteiger partial charge in [0.15, 0.2) is 0 Å². The number of nitrogens with zero attached hydrogens (tertiary/aromatic N) is 2. The van der Waals surface area contributed by atoms with Gasteiger partial charge in [-0.2, -0.15) is 0 Å². The topological polar surface area (TPSA) is 8.17 Å². The molecule has 0 atom stereocenters. The number of hydrogen-bond acceptors (Lipinski definition) is 1. The van der Waals surface area contributed by atoms with Gasteiger partial charge >= 0.3 is 0 Å². The van der Waals surface area contributed by atoms with E-state index in [9.17, 15) is 0 Å². The van der Waals surface area contributed by atoms with Crippen LogP contribution in [0.5, 0.6) is 0 Å². The molecule has 1 heterocycles. The van der Waals surface area contributed by atoms with Crippen LogP contribution in [0.1, 0.15) is 25.0 Å². The van der Waals surface area contributed by atoms with Gasteiger partial charge in [-0.15, -0.1) is 0 Å². The normalized spacial score (nSPS) is 13.1. The molecule has 2 nitrogen and oxygen atoms in total. The van der Waals surface area contributed by atoms with Crippen molar-refractivity contribution in [3.63, 3.8) is 0 Å². The van der Waals surface area contributed by atoms with E-state index >= 15 is 0 Å². The molecule has 9 aromatic rings. The lowest BCUT2D eigenvalue weighted by Crippen LogP contribution is -2.16. The standard InChI is InChI=1S/C49H36N2/c1-49(2)44-23-13-11-20-39(44)40-27-26-36(32-45(40)49)50(34-15-5-3-6-16-34)47-30-28-37(38-19-9-10-21-41(38)47)33-25-29-48-43(31-33)42-22-12-14-24-46(42)51(48)35-17-7-4-8-18-35/h3-32H,1-2H3. The highest BCUT2D eigenvalue weighted by Gasteiger charge is 2.35.